The second kappa shape index (κ2) is 12.4. The zero-order valence-corrected chi connectivity index (χ0v) is 19.6. The normalized spacial score (nSPS) is 16.9. The molecule has 0 amide bonds. The fraction of sp³-hybridized carbons (Fsp3) is 0.542. The average molecular weight is 445 g/mol. The Morgan fingerprint density at radius 1 is 1.12 bits per heavy atom. The number of hydrogen-bond donors (Lipinski definition) is 2. The van der Waals surface area contributed by atoms with Crippen LogP contribution in [-0.2, 0) is 4.74 Å². The molecule has 1 aliphatic rings. The molecule has 1 saturated heterocycles. The van der Waals surface area contributed by atoms with E-state index in [-0.39, 0.29) is 12.1 Å². The van der Waals surface area contributed by atoms with Crippen LogP contribution in [0.15, 0.2) is 45.8 Å². The van der Waals surface area contributed by atoms with E-state index in [2.05, 4.69) is 28.5 Å². The van der Waals surface area contributed by atoms with Crippen LogP contribution in [0.2, 0.25) is 0 Å². The third-order valence-electron chi connectivity index (χ3n) is 5.30. The van der Waals surface area contributed by atoms with Crippen molar-refractivity contribution in [2.24, 2.45) is 4.99 Å². The highest BCUT2D eigenvalue weighted by atomic mass is 16.5. The van der Waals surface area contributed by atoms with Crippen LogP contribution in [0.3, 0.4) is 0 Å². The Hall–Kier alpha value is -2.71. The largest absolute Gasteiger partial charge is 0.493 e. The third kappa shape index (κ3) is 6.90. The molecule has 0 aliphatic carbocycles. The van der Waals surface area contributed by atoms with Crippen molar-refractivity contribution in [2.75, 3.05) is 53.0 Å². The second-order valence-electron chi connectivity index (χ2n) is 7.79. The molecule has 3 rings (SSSR count). The van der Waals surface area contributed by atoms with Crippen LogP contribution < -0.4 is 20.1 Å². The van der Waals surface area contributed by atoms with Gasteiger partial charge in [0, 0.05) is 19.6 Å². The number of methoxy groups -OCH3 is 1. The van der Waals surface area contributed by atoms with Crippen molar-refractivity contribution in [1.29, 1.82) is 0 Å². The highest BCUT2D eigenvalue weighted by Gasteiger charge is 2.25. The van der Waals surface area contributed by atoms with Crippen LogP contribution in [0.4, 0.5) is 0 Å². The second-order valence-corrected chi connectivity index (χ2v) is 7.79. The first-order valence-corrected chi connectivity index (χ1v) is 11.3. The smallest absolute Gasteiger partial charge is 0.191 e. The van der Waals surface area contributed by atoms with Gasteiger partial charge in [0.25, 0.3) is 0 Å². The first-order chi connectivity index (χ1) is 15.6. The number of aryl methyl sites for hydroxylation is 1. The summed E-state index contributed by atoms with van der Waals surface area (Å²) in [5.74, 6) is 4.06. The topological polar surface area (TPSA) is 80.5 Å². The van der Waals surface area contributed by atoms with E-state index < -0.39 is 0 Å². The Morgan fingerprint density at radius 2 is 1.88 bits per heavy atom. The van der Waals surface area contributed by atoms with Crippen LogP contribution in [0.1, 0.15) is 31.4 Å². The molecule has 8 nitrogen and oxygen atoms in total. The van der Waals surface area contributed by atoms with E-state index in [1.54, 1.807) is 7.11 Å². The van der Waals surface area contributed by atoms with E-state index in [9.17, 15) is 0 Å². The molecular weight excluding hydrogens is 408 g/mol. The van der Waals surface area contributed by atoms with Crippen molar-refractivity contribution in [1.82, 2.24) is 15.5 Å². The van der Waals surface area contributed by atoms with Gasteiger partial charge >= 0.3 is 0 Å². The number of morpholine rings is 1. The molecular formula is C24H36N4O4. The van der Waals surface area contributed by atoms with Crippen molar-refractivity contribution < 1.29 is 18.6 Å². The van der Waals surface area contributed by atoms with E-state index in [0.29, 0.717) is 13.1 Å². The standard InChI is InChI=1S/C24H36N4O4/c1-5-25-24(26-16-19(3)32-23-9-7-6-8-22(23)29-4)27-17-20(21-11-10-18(2)31-21)28-12-14-30-15-13-28/h6-11,19-20H,5,12-17H2,1-4H3,(H2,25,26,27). The Labute approximate surface area is 190 Å². The van der Waals surface area contributed by atoms with Gasteiger partial charge in [0.05, 0.1) is 39.5 Å². The van der Waals surface area contributed by atoms with Gasteiger partial charge < -0.3 is 29.3 Å². The fourth-order valence-corrected chi connectivity index (χ4v) is 3.64. The Morgan fingerprint density at radius 3 is 2.53 bits per heavy atom. The number of aliphatic imine (C=N–C) groups is 1. The third-order valence-corrected chi connectivity index (χ3v) is 5.30. The van der Waals surface area contributed by atoms with E-state index in [1.165, 1.54) is 0 Å². The minimum atomic E-state index is -0.0714. The van der Waals surface area contributed by atoms with Crippen LogP contribution in [0.25, 0.3) is 0 Å². The zero-order chi connectivity index (χ0) is 22.8. The van der Waals surface area contributed by atoms with Gasteiger partial charge in [0.2, 0.25) is 0 Å². The number of nitrogens with zero attached hydrogens (tertiary/aromatic N) is 2. The molecule has 2 aromatic rings. The van der Waals surface area contributed by atoms with E-state index in [4.69, 9.17) is 23.6 Å². The maximum atomic E-state index is 6.05. The van der Waals surface area contributed by atoms with Crippen LogP contribution in [0.5, 0.6) is 11.5 Å². The van der Waals surface area contributed by atoms with Crippen molar-refractivity contribution in [3.05, 3.63) is 47.9 Å². The van der Waals surface area contributed by atoms with Gasteiger partial charge in [-0.25, -0.2) is 0 Å². The fourth-order valence-electron chi connectivity index (χ4n) is 3.64. The van der Waals surface area contributed by atoms with Crippen molar-refractivity contribution >= 4 is 5.96 Å². The van der Waals surface area contributed by atoms with E-state index in [1.807, 2.05) is 44.2 Å². The highest BCUT2D eigenvalue weighted by Crippen LogP contribution is 2.27. The summed E-state index contributed by atoms with van der Waals surface area (Å²) in [5, 5.41) is 6.72. The van der Waals surface area contributed by atoms with Gasteiger partial charge in [-0.05, 0) is 45.0 Å². The van der Waals surface area contributed by atoms with Gasteiger partial charge in [-0.3, -0.25) is 9.89 Å². The Balaban J connectivity index is 1.62. The summed E-state index contributed by atoms with van der Waals surface area (Å²) < 4.78 is 22.9. The van der Waals surface area contributed by atoms with Crippen LogP contribution >= 0.6 is 0 Å². The Bertz CT molecular complexity index is 848. The molecule has 1 aromatic heterocycles. The molecule has 2 atom stereocenters. The number of para-hydroxylation sites is 2. The first kappa shape index (κ1) is 23.9. The highest BCUT2D eigenvalue weighted by molar-refractivity contribution is 5.79. The number of ether oxygens (including phenoxy) is 3. The summed E-state index contributed by atoms with van der Waals surface area (Å²) in [7, 11) is 1.65. The van der Waals surface area contributed by atoms with Gasteiger partial charge in [-0.1, -0.05) is 12.1 Å². The first-order valence-electron chi connectivity index (χ1n) is 11.3. The summed E-state index contributed by atoms with van der Waals surface area (Å²) in [5.41, 5.74) is 0. The average Bonchev–Trinajstić information content (AvgIpc) is 3.24. The molecule has 32 heavy (non-hydrogen) atoms. The molecule has 176 valence electrons. The number of rotatable bonds is 10. The molecule has 0 bridgehead atoms. The minimum Gasteiger partial charge on any atom is -0.493 e. The molecule has 2 unspecified atom stereocenters. The minimum absolute atomic E-state index is 0.0714. The van der Waals surface area contributed by atoms with Gasteiger partial charge in [-0.2, -0.15) is 0 Å². The van der Waals surface area contributed by atoms with E-state index in [0.717, 1.165) is 61.8 Å². The summed E-state index contributed by atoms with van der Waals surface area (Å²) in [6, 6.07) is 11.8. The zero-order valence-electron chi connectivity index (χ0n) is 19.6. The lowest BCUT2D eigenvalue weighted by atomic mass is 10.1. The molecule has 0 spiro atoms. The summed E-state index contributed by atoms with van der Waals surface area (Å²) in [6.45, 7) is 11.2. The molecule has 1 aliphatic heterocycles. The molecule has 0 saturated carbocycles. The maximum Gasteiger partial charge on any atom is 0.191 e. The molecule has 0 radical (unpaired) electrons. The van der Waals surface area contributed by atoms with Crippen molar-refractivity contribution in [2.45, 2.75) is 32.9 Å². The summed E-state index contributed by atoms with van der Waals surface area (Å²) in [4.78, 5) is 7.24. The lowest BCUT2D eigenvalue weighted by Crippen LogP contribution is -2.43. The summed E-state index contributed by atoms with van der Waals surface area (Å²) in [6.07, 6.45) is -0.0714. The number of benzene rings is 1. The molecule has 8 heteroatoms. The van der Waals surface area contributed by atoms with Gasteiger partial charge in [0.15, 0.2) is 17.5 Å². The van der Waals surface area contributed by atoms with Crippen LogP contribution in [-0.4, -0.2) is 70.0 Å². The predicted molar refractivity (Wildman–Crippen MR) is 126 cm³/mol. The predicted octanol–water partition coefficient (Wildman–Crippen LogP) is 2.99. The quantitative estimate of drug-likeness (QED) is 0.431. The number of hydrogen-bond acceptors (Lipinski definition) is 6. The van der Waals surface area contributed by atoms with Crippen LogP contribution in [0, 0.1) is 6.92 Å². The number of guanidine groups is 1. The lowest BCUT2D eigenvalue weighted by Gasteiger charge is -2.32. The summed E-state index contributed by atoms with van der Waals surface area (Å²) >= 11 is 0. The van der Waals surface area contributed by atoms with Gasteiger partial charge in [-0.15, -0.1) is 0 Å². The SMILES string of the molecule is CCNC(=NCC(c1ccc(C)o1)N1CCOCC1)NCC(C)Oc1ccccc1OC. The van der Waals surface area contributed by atoms with Gasteiger partial charge in [0.1, 0.15) is 17.6 Å². The van der Waals surface area contributed by atoms with Crippen molar-refractivity contribution in [3.8, 4) is 11.5 Å². The number of nitrogens with one attached hydrogen (secondary N) is 2. The van der Waals surface area contributed by atoms with E-state index >= 15 is 0 Å². The molecule has 1 aromatic carbocycles. The lowest BCUT2D eigenvalue weighted by molar-refractivity contribution is 0.0135. The maximum absolute atomic E-state index is 6.05. The molecule has 2 heterocycles. The monoisotopic (exact) mass is 444 g/mol. The molecule has 1 fully saturated rings. The Kier molecular flexibility index (Phi) is 9.25. The number of furan rings is 1. The molecule has 2 N–H and O–H groups in total. The van der Waals surface area contributed by atoms with Crippen molar-refractivity contribution in [3.63, 3.8) is 0 Å².